The number of para-hydroxylation sites is 1. The number of methoxy groups -OCH3 is 1. The van der Waals surface area contributed by atoms with E-state index in [1.807, 2.05) is 19.1 Å². The molecule has 18 heavy (non-hydrogen) atoms. The first kappa shape index (κ1) is 12.1. The maximum atomic E-state index is 9.88. The molecule has 0 amide bonds. The van der Waals surface area contributed by atoms with E-state index in [1.165, 1.54) is 7.11 Å². The molecule has 0 atom stereocenters. The minimum absolute atomic E-state index is 0.0800. The molecule has 0 aliphatic heterocycles. The van der Waals surface area contributed by atoms with Gasteiger partial charge in [0, 0.05) is 17.5 Å². The second kappa shape index (κ2) is 5.31. The number of nitrogens with zero attached hydrogens (tertiary/aromatic N) is 2. The van der Waals surface area contributed by atoms with Gasteiger partial charge in [0.15, 0.2) is 17.3 Å². The summed E-state index contributed by atoms with van der Waals surface area (Å²) in [5.41, 5.74) is 1.50. The summed E-state index contributed by atoms with van der Waals surface area (Å²) in [6.07, 6.45) is 1.57. The van der Waals surface area contributed by atoms with Gasteiger partial charge in [0.1, 0.15) is 0 Å². The molecular weight excluding hydrogens is 228 g/mol. The largest absolute Gasteiger partial charge is 0.504 e. The van der Waals surface area contributed by atoms with Crippen LogP contribution in [0.4, 0.5) is 5.82 Å². The summed E-state index contributed by atoms with van der Waals surface area (Å²) in [7, 11) is 1.51. The molecule has 1 aromatic heterocycles. The molecule has 0 radical (unpaired) electrons. The van der Waals surface area contributed by atoms with Crippen molar-refractivity contribution in [2.45, 2.75) is 6.92 Å². The number of aromatic hydroxyl groups is 1. The van der Waals surface area contributed by atoms with Crippen molar-refractivity contribution in [1.82, 2.24) is 4.98 Å². The van der Waals surface area contributed by atoms with Crippen molar-refractivity contribution in [2.75, 3.05) is 7.11 Å². The van der Waals surface area contributed by atoms with Gasteiger partial charge in [-0.05, 0) is 31.2 Å². The summed E-state index contributed by atoms with van der Waals surface area (Å²) in [4.78, 5) is 8.47. The third-order valence-electron chi connectivity index (χ3n) is 2.46. The van der Waals surface area contributed by atoms with Crippen LogP contribution in [-0.4, -0.2) is 23.4 Å². The standard InChI is InChI=1S/C14H14N2O2/c1-10-5-3-8-13(16-10)15-9-11-6-4-7-12(18-2)14(11)17/h3-9,17H,1-2H3/b15-9+. The van der Waals surface area contributed by atoms with Crippen LogP contribution in [0.1, 0.15) is 11.3 Å². The number of ether oxygens (including phenoxy) is 1. The fourth-order valence-electron chi connectivity index (χ4n) is 1.54. The lowest BCUT2D eigenvalue weighted by molar-refractivity contribution is 0.373. The van der Waals surface area contributed by atoms with E-state index in [0.29, 0.717) is 17.1 Å². The molecule has 1 aromatic carbocycles. The number of hydrogen-bond donors (Lipinski definition) is 1. The van der Waals surface area contributed by atoms with E-state index in [2.05, 4.69) is 9.98 Å². The van der Waals surface area contributed by atoms with Crippen molar-refractivity contribution in [3.63, 3.8) is 0 Å². The lowest BCUT2D eigenvalue weighted by atomic mass is 10.2. The molecule has 0 saturated heterocycles. The summed E-state index contributed by atoms with van der Waals surface area (Å²) in [6, 6.07) is 10.8. The van der Waals surface area contributed by atoms with E-state index in [4.69, 9.17) is 4.74 Å². The van der Waals surface area contributed by atoms with Crippen LogP contribution in [0.5, 0.6) is 11.5 Å². The Morgan fingerprint density at radius 3 is 2.72 bits per heavy atom. The zero-order valence-electron chi connectivity index (χ0n) is 10.3. The quantitative estimate of drug-likeness (QED) is 0.842. The van der Waals surface area contributed by atoms with Gasteiger partial charge in [-0.2, -0.15) is 0 Å². The average molecular weight is 242 g/mol. The minimum Gasteiger partial charge on any atom is -0.504 e. The Morgan fingerprint density at radius 2 is 2.00 bits per heavy atom. The molecule has 0 aliphatic rings. The molecule has 0 bridgehead atoms. The number of aliphatic imine (C=N–C) groups is 1. The molecule has 0 saturated carbocycles. The number of aryl methyl sites for hydroxylation is 1. The number of aromatic nitrogens is 1. The number of phenols is 1. The van der Waals surface area contributed by atoms with E-state index >= 15 is 0 Å². The molecule has 1 N–H and O–H groups in total. The fourth-order valence-corrected chi connectivity index (χ4v) is 1.54. The van der Waals surface area contributed by atoms with E-state index in [0.717, 1.165) is 5.69 Å². The van der Waals surface area contributed by atoms with Crippen molar-refractivity contribution >= 4 is 12.0 Å². The van der Waals surface area contributed by atoms with Crippen molar-refractivity contribution < 1.29 is 9.84 Å². The molecule has 0 unspecified atom stereocenters. The number of phenolic OH excluding ortho intramolecular Hbond substituents is 1. The van der Waals surface area contributed by atoms with Crippen LogP contribution in [0.2, 0.25) is 0 Å². The van der Waals surface area contributed by atoms with Gasteiger partial charge in [0.2, 0.25) is 0 Å². The van der Waals surface area contributed by atoms with Crippen LogP contribution in [0.3, 0.4) is 0 Å². The molecule has 92 valence electrons. The highest BCUT2D eigenvalue weighted by Gasteiger charge is 2.04. The molecule has 2 rings (SSSR count). The first-order valence-electron chi connectivity index (χ1n) is 5.54. The Bertz CT molecular complexity index is 580. The van der Waals surface area contributed by atoms with Gasteiger partial charge in [-0.3, -0.25) is 0 Å². The third kappa shape index (κ3) is 2.66. The summed E-state index contributed by atoms with van der Waals surface area (Å²) in [6.45, 7) is 1.90. The second-order valence-electron chi connectivity index (χ2n) is 3.79. The summed E-state index contributed by atoms with van der Waals surface area (Å²) in [5, 5.41) is 9.88. The van der Waals surface area contributed by atoms with E-state index in [9.17, 15) is 5.11 Å². The van der Waals surface area contributed by atoms with Crippen LogP contribution in [0, 0.1) is 6.92 Å². The van der Waals surface area contributed by atoms with Crippen molar-refractivity contribution in [3.05, 3.63) is 47.7 Å². The first-order chi connectivity index (χ1) is 8.70. The van der Waals surface area contributed by atoms with Gasteiger partial charge >= 0.3 is 0 Å². The Morgan fingerprint density at radius 1 is 1.22 bits per heavy atom. The van der Waals surface area contributed by atoms with Crippen LogP contribution >= 0.6 is 0 Å². The van der Waals surface area contributed by atoms with Crippen LogP contribution in [0.25, 0.3) is 0 Å². The topological polar surface area (TPSA) is 54.7 Å². The number of benzene rings is 1. The van der Waals surface area contributed by atoms with Gasteiger partial charge in [-0.1, -0.05) is 12.1 Å². The Hall–Kier alpha value is -2.36. The monoisotopic (exact) mass is 242 g/mol. The summed E-state index contributed by atoms with van der Waals surface area (Å²) >= 11 is 0. The highest BCUT2D eigenvalue weighted by Crippen LogP contribution is 2.28. The summed E-state index contributed by atoms with van der Waals surface area (Å²) in [5.74, 6) is 1.12. The van der Waals surface area contributed by atoms with E-state index < -0.39 is 0 Å². The predicted molar refractivity (Wildman–Crippen MR) is 70.9 cm³/mol. The summed E-state index contributed by atoms with van der Waals surface area (Å²) < 4.78 is 5.03. The van der Waals surface area contributed by atoms with Gasteiger partial charge in [0.05, 0.1) is 7.11 Å². The Kier molecular flexibility index (Phi) is 3.57. The predicted octanol–water partition coefficient (Wildman–Crippen LogP) is 2.85. The maximum absolute atomic E-state index is 9.88. The molecule has 4 heteroatoms. The molecular formula is C14H14N2O2. The van der Waals surface area contributed by atoms with Gasteiger partial charge in [-0.15, -0.1) is 0 Å². The molecule has 2 aromatic rings. The molecule has 0 spiro atoms. The van der Waals surface area contributed by atoms with Crippen LogP contribution in [0.15, 0.2) is 41.4 Å². The molecule has 0 aliphatic carbocycles. The lowest BCUT2D eigenvalue weighted by Crippen LogP contribution is -1.88. The zero-order valence-corrected chi connectivity index (χ0v) is 10.3. The normalized spacial score (nSPS) is 10.8. The van der Waals surface area contributed by atoms with Crippen molar-refractivity contribution in [3.8, 4) is 11.5 Å². The Labute approximate surface area is 106 Å². The van der Waals surface area contributed by atoms with Crippen LogP contribution in [-0.2, 0) is 0 Å². The zero-order chi connectivity index (χ0) is 13.0. The van der Waals surface area contributed by atoms with Gasteiger partial charge < -0.3 is 9.84 Å². The number of rotatable bonds is 3. The third-order valence-corrected chi connectivity index (χ3v) is 2.46. The number of pyridine rings is 1. The minimum atomic E-state index is 0.0800. The van der Waals surface area contributed by atoms with Crippen molar-refractivity contribution in [1.29, 1.82) is 0 Å². The highest BCUT2D eigenvalue weighted by atomic mass is 16.5. The van der Waals surface area contributed by atoms with Crippen molar-refractivity contribution in [2.24, 2.45) is 4.99 Å². The molecule has 4 nitrogen and oxygen atoms in total. The maximum Gasteiger partial charge on any atom is 0.166 e. The van der Waals surface area contributed by atoms with Gasteiger partial charge in [-0.25, -0.2) is 9.98 Å². The first-order valence-corrected chi connectivity index (χ1v) is 5.54. The van der Waals surface area contributed by atoms with Crippen LogP contribution < -0.4 is 4.74 Å². The SMILES string of the molecule is COc1cccc(/C=N/c2cccc(C)n2)c1O. The second-order valence-corrected chi connectivity index (χ2v) is 3.79. The lowest BCUT2D eigenvalue weighted by Gasteiger charge is -2.04. The van der Waals surface area contributed by atoms with E-state index in [1.54, 1.807) is 30.5 Å². The molecule has 0 fully saturated rings. The fraction of sp³-hybridized carbons (Fsp3) is 0.143. The smallest absolute Gasteiger partial charge is 0.166 e. The number of hydrogen-bond acceptors (Lipinski definition) is 4. The Balaban J connectivity index is 2.29. The average Bonchev–Trinajstić information content (AvgIpc) is 2.38. The van der Waals surface area contributed by atoms with E-state index in [-0.39, 0.29) is 5.75 Å². The highest BCUT2D eigenvalue weighted by molar-refractivity contribution is 5.86. The molecule has 1 heterocycles. The van der Waals surface area contributed by atoms with Gasteiger partial charge in [0.25, 0.3) is 0 Å².